The summed E-state index contributed by atoms with van der Waals surface area (Å²) in [6.07, 6.45) is 8.50. The van der Waals surface area contributed by atoms with E-state index in [9.17, 15) is 73.0 Å². The molecular weight excluding hydrogens is 2020 g/mol. The van der Waals surface area contributed by atoms with Crippen LogP contribution in [0, 0.1) is 89.7 Å². The van der Waals surface area contributed by atoms with Crippen LogP contribution in [0.4, 0.5) is 43.4 Å². The number of aromatic nitrogens is 9. The summed E-state index contributed by atoms with van der Waals surface area (Å²) in [6, 6.07) is 13.5. The number of nitrogens with zero attached hydrogens (tertiary/aromatic N) is 18. The number of fused-ring (bicyclic) bond motifs is 3. The second-order valence-corrected chi connectivity index (χ2v) is 38.6. The number of halogens is 15. The van der Waals surface area contributed by atoms with Gasteiger partial charge < -0.3 is 44.7 Å². The molecule has 0 aliphatic carbocycles. The van der Waals surface area contributed by atoms with Gasteiger partial charge in [-0.25, -0.2) is 41.3 Å². The van der Waals surface area contributed by atoms with E-state index >= 15 is 13.2 Å². The number of anilines is 3. The molecule has 9 aromatic heterocycles. The number of carbonyl (C=O) groups is 3. The predicted octanol–water partition coefficient (Wildman–Crippen LogP) is 21.9. The van der Waals surface area contributed by atoms with Crippen LogP contribution in [-0.2, 0) is 14.4 Å². The maximum Gasteiger partial charge on any atom is 0.276 e. The standard InChI is InChI=1S/3C33H29Cl3F2N6O3/c3*1-7-21(45)43-16(5)12-42(13-17(43)6)30-18-10-20(34)28(22-23(35)24(36)26(38)31(46)25(22)37)41-32(18)44(33(47)19(30)11-39)29-15(4)8-9-40-27(29)14(2)3/h3*7-10,14,16-17,46H,1,12-13H2,2-6H3/t3*16-,17+. The third kappa shape index (κ3) is 18.4. The zero-order valence-corrected chi connectivity index (χ0v) is 84.8. The Morgan fingerprint density at radius 3 is 0.787 bits per heavy atom. The Kier molecular flexibility index (Phi) is 31.0. The first-order valence-electron chi connectivity index (χ1n) is 43.7. The molecule has 0 spiro atoms. The van der Waals surface area contributed by atoms with E-state index in [0.29, 0.717) is 50.8 Å². The third-order valence-electron chi connectivity index (χ3n) is 24.8. The van der Waals surface area contributed by atoms with Gasteiger partial charge in [0.2, 0.25) is 17.7 Å². The number of piperazine rings is 3. The lowest BCUT2D eigenvalue weighted by Gasteiger charge is -2.45. The molecule has 15 rings (SSSR count). The second-order valence-electron chi connectivity index (χ2n) is 35.1. The molecule has 3 amide bonds. The summed E-state index contributed by atoms with van der Waals surface area (Å²) in [4.78, 5) is 120. The summed E-state index contributed by atoms with van der Waals surface area (Å²) in [5.41, 5.74) is -0.528. The lowest BCUT2D eigenvalue weighted by atomic mass is 10.0. The van der Waals surface area contributed by atoms with E-state index in [-0.39, 0.29) is 210 Å². The molecule has 0 radical (unpaired) electrons. The highest BCUT2D eigenvalue weighted by atomic mass is 35.5. The van der Waals surface area contributed by atoms with Gasteiger partial charge in [0.1, 0.15) is 51.8 Å². The van der Waals surface area contributed by atoms with Gasteiger partial charge in [-0.2, -0.15) is 15.8 Å². The molecule has 0 unspecified atom stereocenters. The smallest absolute Gasteiger partial charge is 0.276 e. The lowest BCUT2D eigenvalue weighted by molar-refractivity contribution is -0.131. The average molecular weight is 2110 g/mol. The lowest BCUT2D eigenvalue weighted by Crippen LogP contribution is -2.58. The zero-order valence-electron chi connectivity index (χ0n) is 78.0. The molecule has 12 heterocycles. The average Bonchev–Trinajstić information content (AvgIpc) is 0.725. The molecule has 42 heteroatoms. The topological polar surface area (TPSA) is 346 Å². The zero-order chi connectivity index (χ0) is 104. The van der Waals surface area contributed by atoms with Crippen LogP contribution in [0.5, 0.6) is 17.2 Å². The summed E-state index contributed by atoms with van der Waals surface area (Å²) in [5, 5.41) is 58.2. The van der Waals surface area contributed by atoms with Crippen molar-refractivity contribution in [2.45, 2.75) is 158 Å². The summed E-state index contributed by atoms with van der Waals surface area (Å²) in [7, 11) is 0. The summed E-state index contributed by atoms with van der Waals surface area (Å²) < 4.78 is 93.5. The van der Waals surface area contributed by atoms with Crippen LogP contribution in [0.3, 0.4) is 0 Å². The quantitative estimate of drug-likeness (QED) is 0.0371. The molecular formula is C99H87Cl9F6N18O9. The normalized spacial score (nSPS) is 16.6. The maximum absolute atomic E-state index is 15.5. The molecule has 0 saturated carbocycles. The number of aromatic hydroxyl groups is 3. The van der Waals surface area contributed by atoms with Crippen molar-refractivity contribution in [1.29, 1.82) is 15.8 Å². The number of aryl methyl sites for hydroxylation is 3. The minimum Gasteiger partial charge on any atom is -0.503 e. The Bertz CT molecular complexity index is 6870. The van der Waals surface area contributed by atoms with Crippen LogP contribution in [0.25, 0.3) is 83.9 Å². The number of benzene rings is 3. The SMILES string of the molecule is C=CC(=O)N1[C@H](C)CN(c2c(C#N)c(=O)n(-c3c(C)ccnc3C(C)C)c3nc(-c4c(F)c(O)c(F)c(Cl)c4Cl)c(Cl)cc23)C[C@@H]1C.C=CC(=O)N1[C@H](C)CN(c2c(C#N)c(=O)n(-c3c(C)ccnc3C(C)C)c3nc(-c4c(F)c(O)c(F)c(Cl)c4Cl)c(Cl)cc23)C[C@@H]1C.C=CC(=O)N1[C@H](C)CN(c2c(C#N)c(=O)n(-c3c(C)ccnc3C(C)C)c3nc(-c4c(F)c(O)c(F)c(Cl)c4Cl)c(Cl)cc23)C[C@@H]1C. The Morgan fingerprint density at radius 2 is 0.596 bits per heavy atom. The Hall–Kier alpha value is -12.7. The van der Waals surface area contributed by atoms with Crippen LogP contribution in [0.15, 0.2) is 107 Å². The first kappa shape index (κ1) is 106. The van der Waals surface area contributed by atoms with Crippen molar-refractivity contribution in [3.63, 3.8) is 0 Å². The largest absolute Gasteiger partial charge is 0.503 e. The highest BCUT2D eigenvalue weighted by molar-refractivity contribution is 6.46. The van der Waals surface area contributed by atoms with E-state index in [1.807, 2.05) is 97.8 Å². The Balaban J connectivity index is 0.000000178. The number of hydrogen-bond donors (Lipinski definition) is 3. The molecule has 3 aliphatic heterocycles. The number of pyridine rings is 9. The number of nitriles is 3. The van der Waals surface area contributed by atoms with Crippen molar-refractivity contribution >= 4 is 172 Å². The molecule has 12 aromatic rings. The minimum atomic E-state index is -1.46. The van der Waals surface area contributed by atoms with Crippen molar-refractivity contribution in [3.8, 4) is 86.3 Å². The monoisotopic (exact) mass is 2100 g/mol. The van der Waals surface area contributed by atoms with Crippen molar-refractivity contribution in [1.82, 2.24) is 58.3 Å². The molecule has 3 N–H and O–H groups in total. The predicted molar refractivity (Wildman–Crippen MR) is 537 cm³/mol. The first-order valence-corrected chi connectivity index (χ1v) is 47.1. The number of phenols is 3. The van der Waals surface area contributed by atoms with Gasteiger partial charge in [0.15, 0.2) is 52.2 Å². The summed E-state index contributed by atoms with van der Waals surface area (Å²) in [6.45, 7) is 39.9. The van der Waals surface area contributed by atoms with Crippen molar-refractivity contribution in [2.75, 3.05) is 54.0 Å². The van der Waals surface area contributed by atoms with Crippen LogP contribution < -0.4 is 31.4 Å². The fourth-order valence-corrected chi connectivity index (χ4v) is 20.8. The summed E-state index contributed by atoms with van der Waals surface area (Å²) in [5.74, 6) is -14.2. The van der Waals surface area contributed by atoms with Crippen LogP contribution in [0.1, 0.15) is 151 Å². The number of hydrogen-bond acceptors (Lipinski definition) is 21. The molecule has 6 atom stereocenters. The van der Waals surface area contributed by atoms with E-state index < -0.39 is 116 Å². The second kappa shape index (κ2) is 41.5. The highest BCUT2D eigenvalue weighted by Crippen LogP contribution is 2.51. The molecule has 732 valence electrons. The van der Waals surface area contributed by atoms with Gasteiger partial charge in [-0.1, -0.05) is 166 Å². The third-order valence-corrected chi connectivity index (χ3v) is 28.1. The van der Waals surface area contributed by atoms with Gasteiger partial charge >= 0.3 is 0 Å². The molecule has 3 saturated heterocycles. The Labute approximate surface area is 849 Å². The number of rotatable bonds is 15. The maximum atomic E-state index is 15.5. The van der Waals surface area contributed by atoms with Gasteiger partial charge in [0.25, 0.3) is 16.7 Å². The van der Waals surface area contributed by atoms with Crippen molar-refractivity contribution < 1.29 is 56.0 Å². The van der Waals surface area contributed by atoms with E-state index in [1.54, 1.807) is 72.3 Å². The van der Waals surface area contributed by atoms with E-state index in [4.69, 9.17) is 104 Å². The molecule has 3 aliphatic rings. The van der Waals surface area contributed by atoms with Gasteiger partial charge in [0.05, 0.1) is 130 Å². The number of carbonyl (C=O) groups excluding carboxylic acids is 3. The van der Waals surface area contributed by atoms with Crippen LogP contribution >= 0.6 is 104 Å². The van der Waals surface area contributed by atoms with E-state index in [1.165, 1.54) is 50.1 Å². The van der Waals surface area contributed by atoms with E-state index in [2.05, 4.69) is 67.8 Å². The van der Waals surface area contributed by atoms with Gasteiger partial charge in [-0.15, -0.1) is 0 Å². The molecule has 27 nitrogen and oxygen atoms in total. The molecule has 0 bridgehead atoms. The fourth-order valence-electron chi connectivity index (χ4n) is 18.7. The van der Waals surface area contributed by atoms with Gasteiger partial charge in [0, 0.05) is 110 Å². The van der Waals surface area contributed by atoms with E-state index in [0.717, 1.165) is 0 Å². The molecule has 3 fully saturated rings. The molecule has 3 aromatic carbocycles. The van der Waals surface area contributed by atoms with Crippen LogP contribution in [-0.4, -0.2) is 167 Å². The van der Waals surface area contributed by atoms with Crippen LogP contribution in [0.2, 0.25) is 45.2 Å². The minimum absolute atomic E-state index is 0.0401. The number of amides is 3. The molecule has 141 heavy (non-hydrogen) atoms. The highest BCUT2D eigenvalue weighted by Gasteiger charge is 2.42. The van der Waals surface area contributed by atoms with Crippen molar-refractivity contribution in [2.24, 2.45) is 0 Å². The summed E-state index contributed by atoms with van der Waals surface area (Å²) >= 11 is 57.2. The van der Waals surface area contributed by atoms with Crippen molar-refractivity contribution in [3.05, 3.63) is 255 Å². The Morgan fingerprint density at radius 1 is 0.383 bits per heavy atom. The fraction of sp³-hybridized carbons (Fsp3) is 0.303. The number of phenolic OH excluding ortho intramolecular Hbond substituents is 3. The van der Waals surface area contributed by atoms with Gasteiger partial charge in [-0.3, -0.25) is 57.4 Å². The van der Waals surface area contributed by atoms with Gasteiger partial charge in [-0.05, 0) is 151 Å². The first-order chi connectivity index (χ1) is 66.5.